The molecule has 1 aromatic carbocycles. The fraction of sp³-hybridized carbons (Fsp3) is 0.333. The Morgan fingerprint density at radius 3 is 2.60 bits per heavy atom. The second-order valence-corrected chi connectivity index (χ2v) is 6.08. The van der Waals surface area contributed by atoms with Gasteiger partial charge in [-0.05, 0) is 44.9 Å². The molecule has 2 heterocycles. The summed E-state index contributed by atoms with van der Waals surface area (Å²) in [7, 11) is 0. The maximum absolute atomic E-state index is 12.1. The van der Waals surface area contributed by atoms with Crippen LogP contribution in [0.5, 0.6) is 5.75 Å². The smallest absolute Gasteiger partial charge is 0.258 e. The molecule has 3 rings (SSSR count). The molecular formula is C18H21N5O2. The number of para-hydroxylation sites is 1. The molecule has 0 bridgehead atoms. The zero-order valence-electron chi connectivity index (χ0n) is 14.8. The molecule has 25 heavy (non-hydrogen) atoms. The lowest BCUT2D eigenvalue weighted by Gasteiger charge is -2.12. The highest BCUT2D eigenvalue weighted by molar-refractivity contribution is 5.77. The van der Waals surface area contributed by atoms with Crippen molar-refractivity contribution in [3.05, 3.63) is 52.6 Å². The molecule has 0 aliphatic heterocycles. The van der Waals surface area contributed by atoms with E-state index in [1.54, 1.807) is 0 Å². The summed E-state index contributed by atoms with van der Waals surface area (Å²) in [4.78, 5) is 16.4. The van der Waals surface area contributed by atoms with E-state index in [0.29, 0.717) is 11.6 Å². The molecule has 130 valence electrons. The number of aromatic nitrogens is 4. The Morgan fingerprint density at radius 2 is 1.88 bits per heavy atom. The van der Waals surface area contributed by atoms with Crippen LogP contribution in [-0.2, 0) is 11.3 Å². The normalized spacial score (nSPS) is 10.9. The van der Waals surface area contributed by atoms with Crippen LogP contribution < -0.4 is 10.1 Å². The number of amides is 1. The Kier molecular flexibility index (Phi) is 4.65. The SMILES string of the molecule is Cc1cc(C)n2c(CNC(=O)COc3c(C)cccc3C)nnc2n1. The van der Waals surface area contributed by atoms with Crippen LogP contribution in [0, 0.1) is 27.7 Å². The summed E-state index contributed by atoms with van der Waals surface area (Å²) in [5.41, 5.74) is 3.88. The van der Waals surface area contributed by atoms with E-state index >= 15 is 0 Å². The summed E-state index contributed by atoms with van der Waals surface area (Å²) in [6, 6.07) is 7.83. The maximum atomic E-state index is 12.1. The second kappa shape index (κ2) is 6.88. The van der Waals surface area contributed by atoms with Gasteiger partial charge in [0.2, 0.25) is 0 Å². The van der Waals surface area contributed by atoms with Crippen LogP contribution in [0.2, 0.25) is 0 Å². The van der Waals surface area contributed by atoms with E-state index in [-0.39, 0.29) is 19.1 Å². The van der Waals surface area contributed by atoms with Gasteiger partial charge in [0.1, 0.15) is 5.75 Å². The molecule has 0 saturated heterocycles. The molecule has 0 unspecified atom stereocenters. The van der Waals surface area contributed by atoms with Gasteiger partial charge < -0.3 is 10.1 Å². The van der Waals surface area contributed by atoms with Crippen LogP contribution in [0.3, 0.4) is 0 Å². The van der Waals surface area contributed by atoms with Crippen LogP contribution in [0.15, 0.2) is 24.3 Å². The molecule has 3 aromatic rings. The molecule has 0 spiro atoms. The second-order valence-electron chi connectivity index (χ2n) is 6.08. The lowest BCUT2D eigenvalue weighted by molar-refractivity contribution is -0.123. The Morgan fingerprint density at radius 1 is 1.16 bits per heavy atom. The molecule has 0 atom stereocenters. The first-order chi connectivity index (χ1) is 12.0. The van der Waals surface area contributed by atoms with E-state index in [1.165, 1.54) is 0 Å². The summed E-state index contributed by atoms with van der Waals surface area (Å²) < 4.78 is 7.49. The molecule has 0 aliphatic carbocycles. The Balaban J connectivity index is 1.63. The van der Waals surface area contributed by atoms with Gasteiger partial charge >= 0.3 is 0 Å². The number of rotatable bonds is 5. The van der Waals surface area contributed by atoms with E-state index < -0.39 is 0 Å². The molecule has 0 saturated carbocycles. The van der Waals surface area contributed by atoms with Gasteiger partial charge in [0.25, 0.3) is 11.7 Å². The predicted octanol–water partition coefficient (Wildman–Crippen LogP) is 2.05. The van der Waals surface area contributed by atoms with Gasteiger partial charge in [-0.1, -0.05) is 18.2 Å². The van der Waals surface area contributed by atoms with E-state index in [4.69, 9.17) is 4.74 Å². The van der Waals surface area contributed by atoms with Gasteiger partial charge in [0.15, 0.2) is 12.4 Å². The highest BCUT2D eigenvalue weighted by atomic mass is 16.5. The molecule has 2 aromatic heterocycles. The minimum Gasteiger partial charge on any atom is -0.483 e. The standard InChI is InChI=1S/C18H21N5O2/c1-11-6-5-7-12(2)17(11)25-10-16(24)19-9-15-21-22-18-20-13(3)8-14(4)23(15)18/h5-8H,9-10H2,1-4H3,(H,19,24). The zero-order chi connectivity index (χ0) is 18.0. The monoisotopic (exact) mass is 339 g/mol. The lowest BCUT2D eigenvalue weighted by atomic mass is 10.1. The van der Waals surface area contributed by atoms with Crippen LogP contribution >= 0.6 is 0 Å². The van der Waals surface area contributed by atoms with E-state index in [0.717, 1.165) is 28.3 Å². The molecule has 7 nitrogen and oxygen atoms in total. The number of aryl methyl sites for hydroxylation is 4. The number of benzene rings is 1. The number of nitrogens with one attached hydrogen (secondary N) is 1. The van der Waals surface area contributed by atoms with Crippen molar-refractivity contribution in [3.8, 4) is 5.75 Å². The minimum absolute atomic E-state index is 0.0429. The Bertz CT molecular complexity index is 912. The third-order valence-electron chi connectivity index (χ3n) is 3.96. The van der Waals surface area contributed by atoms with Crippen LogP contribution in [0.4, 0.5) is 0 Å². The van der Waals surface area contributed by atoms with Crippen molar-refractivity contribution in [2.45, 2.75) is 34.2 Å². The molecule has 1 amide bonds. The summed E-state index contributed by atoms with van der Waals surface area (Å²) in [5, 5.41) is 11.0. The first-order valence-electron chi connectivity index (χ1n) is 8.09. The van der Waals surface area contributed by atoms with Crippen molar-refractivity contribution in [2.24, 2.45) is 0 Å². The summed E-state index contributed by atoms with van der Waals surface area (Å²) in [6.45, 7) is 8.01. The van der Waals surface area contributed by atoms with Gasteiger partial charge in [-0.3, -0.25) is 9.20 Å². The third kappa shape index (κ3) is 3.60. The Labute approximate surface area is 146 Å². The van der Waals surface area contributed by atoms with Gasteiger partial charge in [0, 0.05) is 11.4 Å². The highest BCUT2D eigenvalue weighted by Crippen LogP contribution is 2.22. The van der Waals surface area contributed by atoms with Crippen molar-refractivity contribution in [1.29, 1.82) is 0 Å². The van der Waals surface area contributed by atoms with E-state index in [9.17, 15) is 4.79 Å². The third-order valence-corrected chi connectivity index (χ3v) is 3.96. The first-order valence-corrected chi connectivity index (χ1v) is 8.09. The molecule has 7 heteroatoms. The summed E-state index contributed by atoms with van der Waals surface area (Å²) in [6.07, 6.45) is 0. The van der Waals surface area contributed by atoms with Crippen molar-refractivity contribution < 1.29 is 9.53 Å². The average Bonchev–Trinajstić information content (AvgIpc) is 2.95. The van der Waals surface area contributed by atoms with Gasteiger partial charge in [-0.25, -0.2) is 4.98 Å². The van der Waals surface area contributed by atoms with Crippen molar-refractivity contribution in [1.82, 2.24) is 24.9 Å². The molecule has 1 N–H and O–H groups in total. The largest absolute Gasteiger partial charge is 0.483 e. The number of hydrogen-bond donors (Lipinski definition) is 1. The van der Waals surface area contributed by atoms with E-state index in [2.05, 4.69) is 20.5 Å². The molecule has 0 aliphatic rings. The number of nitrogens with zero attached hydrogens (tertiary/aromatic N) is 4. The summed E-state index contributed by atoms with van der Waals surface area (Å²) in [5.74, 6) is 1.71. The number of carbonyl (C=O) groups excluding carboxylic acids is 1. The minimum atomic E-state index is -0.211. The topological polar surface area (TPSA) is 81.4 Å². The first kappa shape index (κ1) is 16.9. The van der Waals surface area contributed by atoms with Crippen molar-refractivity contribution >= 4 is 11.7 Å². The van der Waals surface area contributed by atoms with Crippen LogP contribution in [0.25, 0.3) is 5.78 Å². The number of fused-ring (bicyclic) bond motifs is 1. The zero-order valence-corrected chi connectivity index (χ0v) is 14.8. The fourth-order valence-corrected chi connectivity index (χ4v) is 2.81. The molecule has 0 fully saturated rings. The number of hydrogen-bond acceptors (Lipinski definition) is 5. The summed E-state index contributed by atoms with van der Waals surface area (Å²) >= 11 is 0. The Hall–Kier alpha value is -2.96. The van der Waals surface area contributed by atoms with Crippen molar-refractivity contribution in [3.63, 3.8) is 0 Å². The van der Waals surface area contributed by atoms with Gasteiger partial charge in [0.05, 0.1) is 6.54 Å². The maximum Gasteiger partial charge on any atom is 0.258 e. The molecular weight excluding hydrogens is 318 g/mol. The quantitative estimate of drug-likeness (QED) is 0.769. The predicted molar refractivity (Wildman–Crippen MR) is 93.5 cm³/mol. The van der Waals surface area contributed by atoms with Crippen LogP contribution in [-0.4, -0.2) is 32.1 Å². The van der Waals surface area contributed by atoms with Crippen molar-refractivity contribution in [2.75, 3.05) is 6.61 Å². The average molecular weight is 339 g/mol. The number of ether oxygens (including phenoxy) is 1. The van der Waals surface area contributed by atoms with Crippen LogP contribution in [0.1, 0.15) is 28.3 Å². The van der Waals surface area contributed by atoms with E-state index in [1.807, 2.05) is 56.4 Å². The van der Waals surface area contributed by atoms with Gasteiger partial charge in [-0.2, -0.15) is 0 Å². The highest BCUT2D eigenvalue weighted by Gasteiger charge is 2.12. The number of carbonyl (C=O) groups is 1. The molecule has 0 radical (unpaired) electrons. The lowest BCUT2D eigenvalue weighted by Crippen LogP contribution is -2.29. The fourth-order valence-electron chi connectivity index (χ4n) is 2.81. The van der Waals surface area contributed by atoms with Gasteiger partial charge in [-0.15, -0.1) is 10.2 Å².